The van der Waals surface area contributed by atoms with E-state index in [9.17, 15) is 4.79 Å². The molecule has 1 aromatic rings. The average Bonchev–Trinajstić information content (AvgIpc) is 2.22. The van der Waals surface area contributed by atoms with Crippen molar-refractivity contribution in [2.75, 3.05) is 5.32 Å². The Bertz CT molecular complexity index is 396. The summed E-state index contributed by atoms with van der Waals surface area (Å²) in [5.41, 5.74) is 7.61. The van der Waals surface area contributed by atoms with Crippen LogP contribution in [0.3, 0.4) is 0 Å². The number of rotatable bonds is 3. The molecule has 3 N–H and O–H groups in total. The zero-order valence-electron chi connectivity index (χ0n) is 10.2. The van der Waals surface area contributed by atoms with E-state index in [4.69, 9.17) is 5.73 Å². The summed E-state index contributed by atoms with van der Waals surface area (Å²) < 4.78 is 1.03. The summed E-state index contributed by atoms with van der Waals surface area (Å²) in [6.07, 6.45) is 0. The molecule has 1 atom stereocenters. The molecule has 5 heteroatoms. The lowest BCUT2D eigenvalue weighted by Gasteiger charge is -2.15. The number of anilines is 1. The fourth-order valence-electron chi connectivity index (χ4n) is 1.25. The first-order valence-corrected chi connectivity index (χ1v) is 6.03. The number of hydrogen-bond donors (Lipinski definition) is 2. The lowest BCUT2D eigenvalue weighted by atomic mass is 10.0. The van der Waals surface area contributed by atoms with E-state index in [0.717, 1.165) is 15.7 Å². The molecule has 17 heavy (non-hydrogen) atoms. The van der Waals surface area contributed by atoms with Crippen molar-refractivity contribution in [3.8, 4) is 0 Å². The van der Waals surface area contributed by atoms with Crippen molar-refractivity contribution in [3.05, 3.63) is 28.2 Å². The predicted molar refractivity (Wildman–Crippen MR) is 77.6 cm³/mol. The standard InChI is InChI=1S/C12H17BrN2O.ClH/c1-7(2)11(14)12(16)15-9-4-5-10(13)8(3)6-9;/h4-7,11H,14H2,1-3H3,(H,15,16);1H/t11-;/m1./s1. The van der Waals surface area contributed by atoms with Crippen LogP contribution < -0.4 is 11.1 Å². The molecule has 0 aliphatic heterocycles. The highest BCUT2D eigenvalue weighted by molar-refractivity contribution is 9.10. The minimum absolute atomic E-state index is 0. The van der Waals surface area contributed by atoms with E-state index in [1.807, 2.05) is 39.0 Å². The molecule has 3 nitrogen and oxygen atoms in total. The summed E-state index contributed by atoms with van der Waals surface area (Å²) in [6, 6.07) is 5.20. The maximum atomic E-state index is 11.7. The molecule has 1 aromatic carbocycles. The third kappa shape index (κ3) is 4.66. The number of benzene rings is 1. The van der Waals surface area contributed by atoms with Gasteiger partial charge in [-0.05, 0) is 36.6 Å². The van der Waals surface area contributed by atoms with Crippen LogP contribution in [-0.2, 0) is 4.79 Å². The van der Waals surface area contributed by atoms with Gasteiger partial charge >= 0.3 is 0 Å². The fourth-order valence-corrected chi connectivity index (χ4v) is 1.50. The van der Waals surface area contributed by atoms with Gasteiger partial charge < -0.3 is 11.1 Å². The third-order valence-electron chi connectivity index (χ3n) is 2.45. The molecular weight excluding hydrogens is 304 g/mol. The van der Waals surface area contributed by atoms with Gasteiger partial charge in [0.2, 0.25) is 5.91 Å². The minimum Gasteiger partial charge on any atom is -0.325 e. The van der Waals surface area contributed by atoms with Gasteiger partial charge in [-0.15, -0.1) is 12.4 Å². The number of carbonyl (C=O) groups excluding carboxylic acids is 1. The van der Waals surface area contributed by atoms with Crippen LogP contribution in [0.1, 0.15) is 19.4 Å². The molecular formula is C12H18BrClN2O. The van der Waals surface area contributed by atoms with Crippen molar-refractivity contribution in [3.63, 3.8) is 0 Å². The summed E-state index contributed by atoms with van der Waals surface area (Å²) in [5.74, 6) is -0.00623. The normalized spacial score (nSPS) is 11.9. The SMILES string of the molecule is Cc1cc(NC(=O)[C@H](N)C(C)C)ccc1Br.Cl. The summed E-state index contributed by atoms with van der Waals surface area (Å²) in [7, 11) is 0. The van der Waals surface area contributed by atoms with Gasteiger partial charge in [-0.3, -0.25) is 4.79 Å². The predicted octanol–water partition coefficient (Wildman–Crippen LogP) is 3.10. The number of carbonyl (C=O) groups is 1. The highest BCUT2D eigenvalue weighted by Gasteiger charge is 2.17. The molecule has 0 heterocycles. The van der Waals surface area contributed by atoms with Crippen LogP contribution in [0.15, 0.2) is 22.7 Å². The van der Waals surface area contributed by atoms with Crippen molar-refractivity contribution in [2.24, 2.45) is 11.7 Å². The summed E-state index contributed by atoms with van der Waals surface area (Å²) in [5, 5.41) is 2.81. The summed E-state index contributed by atoms with van der Waals surface area (Å²) in [4.78, 5) is 11.7. The van der Waals surface area contributed by atoms with Gasteiger partial charge in [0.15, 0.2) is 0 Å². The Hall–Kier alpha value is -0.580. The molecule has 1 amide bonds. The Labute approximate surface area is 117 Å². The zero-order valence-corrected chi connectivity index (χ0v) is 12.6. The Kier molecular flexibility index (Phi) is 6.75. The van der Waals surface area contributed by atoms with Crippen molar-refractivity contribution in [1.29, 1.82) is 0 Å². The third-order valence-corrected chi connectivity index (χ3v) is 3.34. The van der Waals surface area contributed by atoms with Gasteiger partial charge in [-0.25, -0.2) is 0 Å². The van der Waals surface area contributed by atoms with Crippen molar-refractivity contribution >= 4 is 39.9 Å². The molecule has 96 valence electrons. The Morgan fingerprint density at radius 3 is 2.47 bits per heavy atom. The second-order valence-corrected chi connectivity index (χ2v) is 5.08. The van der Waals surface area contributed by atoms with E-state index in [2.05, 4.69) is 21.2 Å². The van der Waals surface area contributed by atoms with E-state index in [1.165, 1.54) is 0 Å². The van der Waals surface area contributed by atoms with Gasteiger partial charge in [0, 0.05) is 10.2 Å². The van der Waals surface area contributed by atoms with Crippen LogP contribution in [0.25, 0.3) is 0 Å². The second-order valence-electron chi connectivity index (χ2n) is 4.22. The number of nitrogens with one attached hydrogen (secondary N) is 1. The molecule has 0 aliphatic rings. The van der Waals surface area contributed by atoms with Crippen molar-refractivity contribution in [1.82, 2.24) is 0 Å². The quantitative estimate of drug-likeness (QED) is 0.899. The molecule has 0 fully saturated rings. The van der Waals surface area contributed by atoms with Gasteiger partial charge in [0.05, 0.1) is 6.04 Å². The van der Waals surface area contributed by atoms with Gasteiger partial charge in [0.25, 0.3) is 0 Å². The summed E-state index contributed by atoms with van der Waals surface area (Å²) >= 11 is 3.41. The van der Waals surface area contributed by atoms with E-state index in [1.54, 1.807) is 0 Å². The topological polar surface area (TPSA) is 55.1 Å². The van der Waals surface area contributed by atoms with E-state index in [-0.39, 0.29) is 24.2 Å². The fraction of sp³-hybridized carbons (Fsp3) is 0.417. The molecule has 0 unspecified atom stereocenters. The minimum atomic E-state index is -0.469. The monoisotopic (exact) mass is 320 g/mol. The molecule has 0 saturated carbocycles. The number of aryl methyl sites for hydroxylation is 1. The smallest absolute Gasteiger partial charge is 0.241 e. The first-order valence-electron chi connectivity index (χ1n) is 5.24. The van der Waals surface area contributed by atoms with Crippen LogP contribution in [0, 0.1) is 12.8 Å². The summed E-state index contributed by atoms with van der Waals surface area (Å²) in [6.45, 7) is 5.83. The van der Waals surface area contributed by atoms with Crippen LogP contribution in [0.2, 0.25) is 0 Å². The first kappa shape index (κ1) is 16.4. The highest BCUT2D eigenvalue weighted by Crippen LogP contribution is 2.20. The van der Waals surface area contributed by atoms with Crippen LogP contribution in [0.5, 0.6) is 0 Å². The highest BCUT2D eigenvalue weighted by atomic mass is 79.9. The van der Waals surface area contributed by atoms with Crippen LogP contribution >= 0.6 is 28.3 Å². The molecule has 0 bridgehead atoms. The van der Waals surface area contributed by atoms with Crippen LogP contribution in [0.4, 0.5) is 5.69 Å². The maximum Gasteiger partial charge on any atom is 0.241 e. The first-order chi connectivity index (χ1) is 7.41. The Morgan fingerprint density at radius 2 is 2.00 bits per heavy atom. The maximum absolute atomic E-state index is 11.7. The number of hydrogen-bond acceptors (Lipinski definition) is 2. The molecule has 0 aliphatic carbocycles. The molecule has 0 saturated heterocycles. The van der Waals surface area contributed by atoms with E-state index < -0.39 is 6.04 Å². The molecule has 0 aromatic heterocycles. The van der Waals surface area contributed by atoms with E-state index in [0.29, 0.717) is 0 Å². The zero-order chi connectivity index (χ0) is 12.3. The lowest BCUT2D eigenvalue weighted by molar-refractivity contribution is -0.118. The Morgan fingerprint density at radius 1 is 1.41 bits per heavy atom. The average molecular weight is 322 g/mol. The van der Waals surface area contributed by atoms with Gasteiger partial charge in [0.1, 0.15) is 0 Å². The van der Waals surface area contributed by atoms with E-state index >= 15 is 0 Å². The van der Waals surface area contributed by atoms with Gasteiger partial charge in [-0.2, -0.15) is 0 Å². The number of nitrogens with two attached hydrogens (primary N) is 1. The van der Waals surface area contributed by atoms with Gasteiger partial charge in [-0.1, -0.05) is 29.8 Å². The molecule has 1 rings (SSSR count). The molecule has 0 spiro atoms. The van der Waals surface area contributed by atoms with Crippen molar-refractivity contribution < 1.29 is 4.79 Å². The van der Waals surface area contributed by atoms with Crippen LogP contribution in [-0.4, -0.2) is 11.9 Å². The van der Waals surface area contributed by atoms with Crippen molar-refractivity contribution in [2.45, 2.75) is 26.8 Å². The Balaban J connectivity index is 0.00000256. The second kappa shape index (κ2) is 6.99. The lowest BCUT2D eigenvalue weighted by Crippen LogP contribution is -2.39. The largest absolute Gasteiger partial charge is 0.325 e. The number of halogens is 2. The molecule has 0 radical (unpaired) electrons. The number of amides is 1.